The minimum absolute atomic E-state index is 0.112. The summed E-state index contributed by atoms with van der Waals surface area (Å²) < 4.78 is 31.8. The Morgan fingerprint density at radius 2 is 1.89 bits per heavy atom. The Balaban J connectivity index is 1.48. The summed E-state index contributed by atoms with van der Waals surface area (Å²) in [6.45, 7) is 5.50. The molecule has 10 heteroatoms. The molecule has 0 aromatic carbocycles. The van der Waals surface area contributed by atoms with Gasteiger partial charge in [0.25, 0.3) is 0 Å². The largest absolute Gasteiger partial charge is 0.469 e. The average Bonchev–Trinajstić information content (AvgIpc) is 3.24. The highest BCUT2D eigenvalue weighted by Gasteiger charge is 2.62. The van der Waals surface area contributed by atoms with E-state index in [1.807, 2.05) is 0 Å². The van der Waals surface area contributed by atoms with Crippen LogP contribution in [0.2, 0.25) is 0 Å². The zero-order chi connectivity index (χ0) is 27.5. The Bertz CT molecular complexity index is 901. The van der Waals surface area contributed by atoms with Gasteiger partial charge >= 0.3 is 5.97 Å². The third-order valence-corrected chi connectivity index (χ3v) is 8.84. The van der Waals surface area contributed by atoms with Crippen LogP contribution in [0.15, 0.2) is 22.3 Å². The first-order valence-electron chi connectivity index (χ1n) is 13.7. The van der Waals surface area contributed by atoms with Gasteiger partial charge in [-0.25, -0.2) is 0 Å². The maximum absolute atomic E-state index is 12.6. The maximum Gasteiger partial charge on any atom is 0.308 e. The topological polar surface area (TPSA) is 101 Å². The first kappa shape index (κ1) is 30.4. The van der Waals surface area contributed by atoms with Crippen molar-refractivity contribution in [1.82, 2.24) is 0 Å². The van der Waals surface area contributed by atoms with Crippen molar-refractivity contribution in [2.75, 3.05) is 7.11 Å². The molecular formula is C28H40ClIO8. The van der Waals surface area contributed by atoms with Gasteiger partial charge in [-0.3, -0.25) is 9.59 Å². The van der Waals surface area contributed by atoms with E-state index in [0.29, 0.717) is 25.7 Å². The van der Waals surface area contributed by atoms with Crippen LogP contribution in [0.25, 0.3) is 0 Å². The van der Waals surface area contributed by atoms with E-state index in [-0.39, 0.29) is 42.2 Å². The molecule has 3 aliphatic heterocycles. The number of halogens is 2. The fourth-order valence-corrected chi connectivity index (χ4v) is 7.12. The van der Waals surface area contributed by atoms with E-state index < -0.39 is 35.8 Å². The molecule has 3 saturated heterocycles. The molecule has 1 unspecified atom stereocenters. The minimum Gasteiger partial charge on any atom is -0.469 e. The smallest absolute Gasteiger partial charge is 0.308 e. The number of esters is 1. The molecule has 4 rings (SSSR count). The van der Waals surface area contributed by atoms with Gasteiger partial charge in [0.05, 0.1) is 25.7 Å². The Morgan fingerprint density at radius 3 is 2.58 bits per heavy atom. The van der Waals surface area contributed by atoms with Crippen molar-refractivity contribution < 1.29 is 38.4 Å². The summed E-state index contributed by atoms with van der Waals surface area (Å²) in [5.41, 5.74) is -1.48. The molecular weight excluding hydrogens is 627 g/mol. The van der Waals surface area contributed by atoms with Crippen molar-refractivity contribution in [3.63, 3.8) is 0 Å². The molecule has 8 nitrogen and oxygen atoms in total. The zero-order valence-corrected chi connectivity index (χ0v) is 25.2. The van der Waals surface area contributed by atoms with E-state index in [0.717, 1.165) is 35.7 Å². The summed E-state index contributed by atoms with van der Waals surface area (Å²) in [7, 11) is 1.37. The van der Waals surface area contributed by atoms with E-state index in [1.165, 1.54) is 19.3 Å². The van der Waals surface area contributed by atoms with E-state index in [9.17, 15) is 14.7 Å². The molecule has 214 valence electrons. The van der Waals surface area contributed by atoms with Crippen molar-refractivity contribution in [3.05, 3.63) is 22.3 Å². The molecule has 8 atom stereocenters. The number of ether oxygens (including phenoxy) is 5. The Labute approximate surface area is 243 Å². The maximum atomic E-state index is 12.6. The SMILES string of the molecule is C=C(I)C[C@H](Cl)CCC(=O)/C=C/[C@@](C)(O)C1O[C@H]2CC[C@H](CC(=O)OC)O[C@@H]2[C@@H]2OC3(CCCCC3)O[C@H]12. The van der Waals surface area contributed by atoms with Gasteiger partial charge in [0.2, 0.25) is 0 Å². The molecule has 1 N–H and O–H groups in total. The summed E-state index contributed by atoms with van der Waals surface area (Å²) in [6.07, 6.45) is 7.72. The number of carbonyl (C=O) groups excluding carboxylic acids is 2. The molecule has 0 radical (unpaired) electrons. The first-order valence-corrected chi connectivity index (χ1v) is 15.2. The highest BCUT2D eigenvalue weighted by Crippen LogP contribution is 2.49. The van der Waals surface area contributed by atoms with Crippen LogP contribution >= 0.6 is 34.2 Å². The molecule has 38 heavy (non-hydrogen) atoms. The molecule has 1 spiro atoms. The van der Waals surface area contributed by atoms with E-state index in [2.05, 4.69) is 29.2 Å². The molecule has 0 bridgehead atoms. The number of rotatable bonds is 10. The second-order valence-electron chi connectivity index (χ2n) is 11.2. The Hall–Kier alpha value is -0.560. The van der Waals surface area contributed by atoms with E-state index in [4.69, 9.17) is 35.3 Å². The van der Waals surface area contributed by atoms with Gasteiger partial charge in [-0.2, -0.15) is 0 Å². The van der Waals surface area contributed by atoms with Crippen molar-refractivity contribution in [1.29, 1.82) is 0 Å². The minimum atomic E-state index is -1.48. The van der Waals surface area contributed by atoms with Gasteiger partial charge in [0.1, 0.15) is 30.0 Å². The summed E-state index contributed by atoms with van der Waals surface area (Å²) in [6, 6.07) is 0. The van der Waals surface area contributed by atoms with Gasteiger partial charge in [0, 0.05) is 24.6 Å². The lowest BCUT2D eigenvalue weighted by molar-refractivity contribution is -0.262. The predicted octanol–water partition coefficient (Wildman–Crippen LogP) is 4.91. The number of aliphatic hydroxyl groups is 1. The van der Waals surface area contributed by atoms with Gasteiger partial charge in [-0.05, 0) is 83.8 Å². The summed E-state index contributed by atoms with van der Waals surface area (Å²) in [5.74, 6) is -1.15. The van der Waals surface area contributed by atoms with Crippen LogP contribution in [-0.2, 0) is 33.3 Å². The highest BCUT2D eigenvalue weighted by molar-refractivity contribution is 14.1. The molecule has 0 aromatic heterocycles. The van der Waals surface area contributed by atoms with E-state index >= 15 is 0 Å². The fraction of sp³-hybridized carbons (Fsp3) is 0.786. The third kappa shape index (κ3) is 7.39. The molecule has 0 aromatic rings. The van der Waals surface area contributed by atoms with Crippen molar-refractivity contribution in [2.45, 2.75) is 131 Å². The normalized spacial score (nSPS) is 34.8. The quantitative estimate of drug-likeness (QED) is 0.152. The van der Waals surface area contributed by atoms with Crippen LogP contribution in [-0.4, -0.2) is 77.4 Å². The third-order valence-electron chi connectivity index (χ3n) is 8.03. The first-order chi connectivity index (χ1) is 18.0. The van der Waals surface area contributed by atoms with Crippen LogP contribution in [0.5, 0.6) is 0 Å². The summed E-state index contributed by atoms with van der Waals surface area (Å²) in [5, 5.41) is 11.4. The lowest BCUT2D eigenvalue weighted by Crippen LogP contribution is -2.64. The number of carbonyl (C=O) groups is 2. The molecule has 4 aliphatic rings. The highest BCUT2D eigenvalue weighted by atomic mass is 127. The summed E-state index contributed by atoms with van der Waals surface area (Å²) in [4.78, 5) is 24.5. The number of allylic oxidation sites excluding steroid dienone is 2. The molecule has 1 aliphatic carbocycles. The lowest BCUT2D eigenvalue weighted by atomic mass is 9.83. The second-order valence-corrected chi connectivity index (χ2v) is 13.3. The van der Waals surface area contributed by atoms with Crippen LogP contribution in [0, 0.1) is 0 Å². The Morgan fingerprint density at radius 1 is 1.18 bits per heavy atom. The van der Waals surface area contributed by atoms with Gasteiger partial charge in [-0.15, -0.1) is 11.6 Å². The molecule has 0 amide bonds. The predicted molar refractivity (Wildman–Crippen MR) is 150 cm³/mol. The number of alkyl halides is 1. The number of hydrogen-bond acceptors (Lipinski definition) is 8. The monoisotopic (exact) mass is 666 g/mol. The summed E-state index contributed by atoms with van der Waals surface area (Å²) >= 11 is 8.43. The Kier molecular flexibility index (Phi) is 10.4. The van der Waals surface area contributed by atoms with Crippen molar-refractivity contribution in [3.8, 4) is 0 Å². The van der Waals surface area contributed by atoms with Gasteiger partial charge in [0.15, 0.2) is 11.6 Å². The van der Waals surface area contributed by atoms with Crippen LogP contribution < -0.4 is 0 Å². The van der Waals surface area contributed by atoms with Gasteiger partial charge in [-0.1, -0.05) is 13.0 Å². The van der Waals surface area contributed by atoms with E-state index in [1.54, 1.807) is 6.92 Å². The zero-order valence-electron chi connectivity index (χ0n) is 22.2. The van der Waals surface area contributed by atoms with Crippen molar-refractivity contribution >= 4 is 45.9 Å². The second kappa shape index (κ2) is 13.0. The average molecular weight is 667 g/mol. The van der Waals surface area contributed by atoms with Crippen molar-refractivity contribution in [2.24, 2.45) is 0 Å². The van der Waals surface area contributed by atoms with Crippen LogP contribution in [0.1, 0.15) is 77.6 Å². The number of hydrogen-bond donors (Lipinski definition) is 1. The van der Waals surface area contributed by atoms with Crippen LogP contribution in [0.4, 0.5) is 0 Å². The fourth-order valence-electron chi connectivity index (χ4n) is 6.04. The number of methoxy groups -OCH3 is 1. The molecule has 1 saturated carbocycles. The van der Waals surface area contributed by atoms with Gasteiger partial charge < -0.3 is 28.8 Å². The molecule has 3 heterocycles. The molecule has 4 fully saturated rings. The standard InChI is InChI=1S/C28H40ClIO8/c1-17(30)15-18(29)7-8-19(31)11-14-27(2,33)26-25-24(37-28(38-25)12-5-4-6-13-28)23-21(36-26)10-9-20(35-23)16-22(32)34-3/h11,14,18,20-21,23-26,33H,1,4-10,12-13,15-16H2,2-3H3/b14-11+/t18-,20-,21+,23+,24+,25+,26?,27-/m1/s1. The number of ketones is 1. The number of fused-ring (bicyclic) bond motifs is 3. The lowest BCUT2D eigenvalue weighted by Gasteiger charge is -2.49. The van der Waals surface area contributed by atoms with Crippen LogP contribution in [0.3, 0.4) is 0 Å².